The van der Waals surface area contributed by atoms with E-state index in [2.05, 4.69) is 27.3 Å². The lowest BCUT2D eigenvalue weighted by Gasteiger charge is -2.19. The number of benzene rings is 1. The average Bonchev–Trinajstić information content (AvgIpc) is 3.19. The quantitative estimate of drug-likeness (QED) is 0.664. The van der Waals surface area contributed by atoms with Gasteiger partial charge >= 0.3 is 5.97 Å². The highest BCUT2D eigenvalue weighted by molar-refractivity contribution is 5.95. The fraction of sp³-hybridized carbons (Fsp3) is 0.409. The van der Waals surface area contributed by atoms with Crippen molar-refractivity contribution in [3.05, 3.63) is 47.8 Å². The van der Waals surface area contributed by atoms with Gasteiger partial charge < -0.3 is 15.5 Å². The summed E-state index contributed by atoms with van der Waals surface area (Å²) in [6.45, 7) is 6.10. The van der Waals surface area contributed by atoms with E-state index in [1.54, 1.807) is 6.20 Å². The molecule has 0 aliphatic carbocycles. The molecular formula is C22H27N3O4. The van der Waals surface area contributed by atoms with Gasteiger partial charge in [0.25, 0.3) is 5.91 Å². The molecule has 1 aliphatic heterocycles. The molecule has 2 aromatic rings. The van der Waals surface area contributed by atoms with Crippen LogP contribution in [0, 0.1) is 5.41 Å². The lowest BCUT2D eigenvalue weighted by Crippen LogP contribution is -2.39. The summed E-state index contributed by atoms with van der Waals surface area (Å²) in [7, 11) is 0. The van der Waals surface area contributed by atoms with Crippen LogP contribution in [0.5, 0.6) is 5.75 Å². The maximum Gasteiger partial charge on any atom is 0.310 e. The number of pyridine rings is 1. The second-order valence-corrected chi connectivity index (χ2v) is 8.15. The van der Waals surface area contributed by atoms with E-state index in [-0.39, 0.29) is 18.0 Å². The van der Waals surface area contributed by atoms with Gasteiger partial charge in [-0.3, -0.25) is 14.5 Å². The number of hydrogen-bond donors (Lipinski definition) is 3. The van der Waals surface area contributed by atoms with Crippen LogP contribution in [0.15, 0.2) is 36.5 Å². The SMILES string of the molecule is CC(C)(CNC(=O)c1ncc(-c2cccc(CN3CCCC3)c2)cc1O)C(=O)O. The zero-order valence-electron chi connectivity index (χ0n) is 16.8. The molecule has 7 heteroatoms. The third-order valence-corrected chi connectivity index (χ3v) is 5.22. The van der Waals surface area contributed by atoms with Crippen molar-refractivity contribution < 1.29 is 19.8 Å². The number of carboxylic acid groups (broad SMARTS) is 1. The number of rotatable bonds is 7. The Morgan fingerprint density at radius 3 is 2.55 bits per heavy atom. The minimum atomic E-state index is -1.11. The van der Waals surface area contributed by atoms with Crippen LogP contribution >= 0.6 is 0 Å². The van der Waals surface area contributed by atoms with E-state index in [0.29, 0.717) is 5.56 Å². The number of carbonyl (C=O) groups is 2. The van der Waals surface area contributed by atoms with Crippen LogP contribution in [0.2, 0.25) is 0 Å². The third kappa shape index (κ3) is 5.12. The first-order valence-corrected chi connectivity index (χ1v) is 9.78. The molecule has 1 aromatic carbocycles. The molecule has 1 saturated heterocycles. The summed E-state index contributed by atoms with van der Waals surface area (Å²) in [4.78, 5) is 30.0. The zero-order valence-corrected chi connectivity index (χ0v) is 16.8. The molecule has 1 fully saturated rings. The summed E-state index contributed by atoms with van der Waals surface area (Å²) in [5.41, 5.74) is 1.60. The first-order chi connectivity index (χ1) is 13.8. The van der Waals surface area contributed by atoms with Crippen molar-refractivity contribution in [1.82, 2.24) is 15.2 Å². The zero-order chi connectivity index (χ0) is 21.0. The minimum absolute atomic E-state index is 0.0669. The monoisotopic (exact) mass is 397 g/mol. The molecule has 154 valence electrons. The van der Waals surface area contributed by atoms with E-state index < -0.39 is 17.3 Å². The smallest absolute Gasteiger partial charge is 0.310 e. The first kappa shape index (κ1) is 20.8. The summed E-state index contributed by atoms with van der Waals surface area (Å²) in [5, 5.41) is 22.0. The van der Waals surface area contributed by atoms with E-state index in [4.69, 9.17) is 5.11 Å². The highest BCUT2D eigenvalue weighted by Crippen LogP contribution is 2.26. The number of aromatic nitrogens is 1. The normalized spacial score (nSPS) is 14.7. The fourth-order valence-corrected chi connectivity index (χ4v) is 3.29. The van der Waals surface area contributed by atoms with Gasteiger partial charge in [0.2, 0.25) is 0 Å². The number of aromatic hydroxyl groups is 1. The van der Waals surface area contributed by atoms with Crippen molar-refractivity contribution >= 4 is 11.9 Å². The number of carbonyl (C=O) groups excluding carboxylic acids is 1. The number of aliphatic carboxylic acids is 1. The Kier molecular flexibility index (Phi) is 6.17. The number of hydrogen-bond acceptors (Lipinski definition) is 5. The van der Waals surface area contributed by atoms with Gasteiger partial charge in [0.05, 0.1) is 5.41 Å². The van der Waals surface area contributed by atoms with E-state index in [0.717, 1.165) is 25.2 Å². The third-order valence-electron chi connectivity index (χ3n) is 5.22. The molecule has 1 amide bonds. The number of amides is 1. The Labute approximate surface area is 170 Å². The summed E-state index contributed by atoms with van der Waals surface area (Å²) in [5.74, 6) is -1.86. The van der Waals surface area contributed by atoms with Crippen molar-refractivity contribution in [3.8, 4) is 16.9 Å². The van der Waals surface area contributed by atoms with Gasteiger partial charge in [-0.1, -0.05) is 18.2 Å². The Balaban J connectivity index is 1.72. The largest absolute Gasteiger partial charge is 0.505 e. The van der Waals surface area contributed by atoms with Crippen LogP contribution in [-0.4, -0.2) is 51.6 Å². The topological polar surface area (TPSA) is 103 Å². The predicted octanol–water partition coefficient (Wildman–Crippen LogP) is 2.89. The van der Waals surface area contributed by atoms with E-state index >= 15 is 0 Å². The molecule has 1 aliphatic rings. The molecule has 0 atom stereocenters. The second kappa shape index (κ2) is 8.61. The molecule has 3 N–H and O–H groups in total. The molecular weight excluding hydrogens is 370 g/mol. The van der Waals surface area contributed by atoms with Gasteiger partial charge in [0.1, 0.15) is 5.75 Å². The van der Waals surface area contributed by atoms with Gasteiger partial charge in [0.15, 0.2) is 5.69 Å². The lowest BCUT2D eigenvalue weighted by atomic mass is 9.94. The van der Waals surface area contributed by atoms with Crippen molar-refractivity contribution in [2.75, 3.05) is 19.6 Å². The van der Waals surface area contributed by atoms with Crippen molar-refractivity contribution in [2.24, 2.45) is 5.41 Å². The highest BCUT2D eigenvalue weighted by atomic mass is 16.4. The predicted molar refractivity (Wildman–Crippen MR) is 110 cm³/mol. The number of nitrogens with zero attached hydrogens (tertiary/aromatic N) is 2. The molecule has 0 unspecified atom stereocenters. The summed E-state index contributed by atoms with van der Waals surface area (Å²) < 4.78 is 0. The second-order valence-electron chi connectivity index (χ2n) is 8.15. The molecule has 1 aromatic heterocycles. The van der Waals surface area contributed by atoms with Crippen molar-refractivity contribution in [2.45, 2.75) is 33.2 Å². The standard InChI is InChI=1S/C22H27N3O4/c1-22(2,21(28)29)14-24-20(27)19-18(26)11-17(12-23-19)16-7-5-6-15(10-16)13-25-8-3-4-9-25/h5-7,10-12,26H,3-4,8-9,13-14H2,1-2H3,(H,24,27)(H,28,29). The van der Waals surface area contributed by atoms with Crippen LogP contribution in [0.4, 0.5) is 0 Å². The van der Waals surface area contributed by atoms with Crippen LogP contribution in [0.3, 0.4) is 0 Å². The maximum absolute atomic E-state index is 12.3. The Hall–Kier alpha value is -2.93. The van der Waals surface area contributed by atoms with Crippen molar-refractivity contribution in [1.29, 1.82) is 0 Å². The van der Waals surface area contributed by atoms with E-state index in [1.807, 2.05) is 12.1 Å². The van der Waals surface area contributed by atoms with E-state index in [1.165, 1.54) is 38.3 Å². The lowest BCUT2D eigenvalue weighted by molar-refractivity contribution is -0.146. The van der Waals surface area contributed by atoms with Gasteiger partial charge in [-0.2, -0.15) is 0 Å². The summed E-state index contributed by atoms with van der Waals surface area (Å²) >= 11 is 0. The first-order valence-electron chi connectivity index (χ1n) is 9.78. The number of likely N-dealkylation sites (tertiary alicyclic amines) is 1. The molecule has 29 heavy (non-hydrogen) atoms. The van der Waals surface area contributed by atoms with Crippen LogP contribution in [0.1, 0.15) is 42.7 Å². The summed E-state index contributed by atoms with van der Waals surface area (Å²) in [6.07, 6.45) is 4.03. The Morgan fingerprint density at radius 2 is 1.90 bits per heavy atom. The van der Waals surface area contributed by atoms with Crippen LogP contribution < -0.4 is 5.32 Å². The van der Waals surface area contributed by atoms with Gasteiger partial charge in [-0.25, -0.2) is 4.98 Å². The molecule has 0 radical (unpaired) electrons. The van der Waals surface area contributed by atoms with Crippen LogP contribution in [-0.2, 0) is 11.3 Å². The Morgan fingerprint density at radius 1 is 1.17 bits per heavy atom. The molecule has 0 bridgehead atoms. The summed E-state index contributed by atoms with van der Waals surface area (Å²) in [6, 6.07) is 9.59. The fourth-order valence-electron chi connectivity index (χ4n) is 3.29. The van der Waals surface area contributed by atoms with E-state index in [9.17, 15) is 14.7 Å². The van der Waals surface area contributed by atoms with Gasteiger partial charge in [-0.05, 0) is 63.0 Å². The average molecular weight is 397 g/mol. The minimum Gasteiger partial charge on any atom is -0.505 e. The molecule has 2 heterocycles. The number of carboxylic acids is 1. The molecule has 0 spiro atoms. The molecule has 0 saturated carbocycles. The maximum atomic E-state index is 12.3. The Bertz CT molecular complexity index is 905. The molecule has 3 rings (SSSR count). The highest BCUT2D eigenvalue weighted by Gasteiger charge is 2.28. The van der Waals surface area contributed by atoms with Crippen molar-refractivity contribution in [3.63, 3.8) is 0 Å². The number of nitrogens with one attached hydrogen (secondary N) is 1. The van der Waals surface area contributed by atoms with Gasteiger partial charge in [-0.15, -0.1) is 0 Å². The van der Waals surface area contributed by atoms with Crippen LogP contribution in [0.25, 0.3) is 11.1 Å². The van der Waals surface area contributed by atoms with Gasteiger partial charge in [0, 0.05) is 24.8 Å². The molecule has 7 nitrogen and oxygen atoms in total.